The Balaban J connectivity index is 2.34. The van der Waals surface area contributed by atoms with Crippen molar-refractivity contribution in [3.05, 3.63) is 29.8 Å². The van der Waals surface area contributed by atoms with E-state index in [1.807, 2.05) is 0 Å². The molecule has 2 rings (SSSR count). The molecule has 0 aliphatic carbocycles. The van der Waals surface area contributed by atoms with E-state index in [0.717, 1.165) is 0 Å². The van der Waals surface area contributed by atoms with Crippen LogP contribution in [0.5, 0.6) is 5.75 Å². The third-order valence-corrected chi connectivity index (χ3v) is 3.14. The van der Waals surface area contributed by atoms with E-state index in [4.69, 9.17) is 10.5 Å². The standard InChI is InChI=1S/C13H16N2O4/c1-19-10-4-2-3-8(5-10)12(13(17)18)15-7-9(14)6-11(15)16/h2-5,9,12H,6-7,14H2,1H3,(H,17,18). The van der Waals surface area contributed by atoms with Gasteiger partial charge in [-0.25, -0.2) is 4.79 Å². The SMILES string of the molecule is COc1cccc(C(C(=O)O)N2CC(N)CC2=O)c1. The predicted molar refractivity (Wildman–Crippen MR) is 67.7 cm³/mol. The molecule has 102 valence electrons. The molecule has 1 fully saturated rings. The maximum atomic E-state index is 11.8. The van der Waals surface area contributed by atoms with Gasteiger partial charge in [-0.2, -0.15) is 0 Å². The number of hydrogen-bond acceptors (Lipinski definition) is 4. The summed E-state index contributed by atoms with van der Waals surface area (Å²) < 4.78 is 5.07. The Hall–Kier alpha value is -2.08. The summed E-state index contributed by atoms with van der Waals surface area (Å²) in [5.41, 5.74) is 6.22. The fraction of sp³-hybridized carbons (Fsp3) is 0.385. The number of likely N-dealkylation sites (tertiary alicyclic amines) is 1. The summed E-state index contributed by atoms with van der Waals surface area (Å²) in [6.07, 6.45) is 0.188. The van der Waals surface area contributed by atoms with Gasteiger partial charge in [0.25, 0.3) is 0 Å². The van der Waals surface area contributed by atoms with Crippen LogP contribution in [0.15, 0.2) is 24.3 Å². The summed E-state index contributed by atoms with van der Waals surface area (Å²) in [4.78, 5) is 24.6. The Morgan fingerprint density at radius 1 is 1.58 bits per heavy atom. The summed E-state index contributed by atoms with van der Waals surface area (Å²) in [6, 6.07) is 5.38. The fourth-order valence-electron chi connectivity index (χ4n) is 2.28. The third-order valence-electron chi connectivity index (χ3n) is 3.14. The van der Waals surface area contributed by atoms with Gasteiger partial charge in [-0.1, -0.05) is 12.1 Å². The van der Waals surface area contributed by atoms with Crippen molar-refractivity contribution in [2.75, 3.05) is 13.7 Å². The fourth-order valence-corrected chi connectivity index (χ4v) is 2.28. The summed E-state index contributed by atoms with van der Waals surface area (Å²) in [5.74, 6) is -0.752. The van der Waals surface area contributed by atoms with Gasteiger partial charge >= 0.3 is 5.97 Å². The van der Waals surface area contributed by atoms with Crippen molar-refractivity contribution in [1.82, 2.24) is 4.90 Å². The highest BCUT2D eigenvalue weighted by atomic mass is 16.5. The van der Waals surface area contributed by atoms with Gasteiger partial charge in [0.2, 0.25) is 5.91 Å². The molecule has 2 unspecified atom stereocenters. The molecule has 6 heteroatoms. The second kappa shape index (κ2) is 5.27. The van der Waals surface area contributed by atoms with Crippen LogP contribution in [-0.2, 0) is 9.59 Å². The summed E-state index contributed by atoms with van der Waals surface area (Å²) >= 11 is 0. The molecule has 2 atom stereocenters. The second-order valence-electron chi connectivity index (χ2n) is 4.53. The third kappa shape index (κ3) is 2.68. The van der Waals surface area contributed by atoms with E-state index in [1.54, 1.807) is 24.3 Å². The van der Waals surface area contributed by atoms with E-state index in [0.29, 0.717) is 11.3 Å². The van der Waals surface area contributed by atoms with Crippen LogP contribution in [0.4, 0.5) is 0 Å². The van der Waals surface area contributed by atoms with Gasteiger partial charge in [0, 0.05) is 19.0 Å². The summed E-state index contributed by atoms with van der Waals surface area (Å²) in [6.45, 7) is 0.257. The van der Waals surface area contributed by atoms with E-state index in [1.165, 1.54) is 12.0 Å². The largest absolute Gasteiger partial charge is 0.497 e. The van der Waals surface area contributed by atoms with Crippen molar-refractivity contribution < 1.29 is 19.4 Å². The first-order valence-corrected chi connectivity index (χ1v) is 5.94. The number of methoxy groups -OCH3 is 1. The van der Waals surface area contributed by atoms with Crippen LogP contribution in [0, 0.1) is 0 Å². The molecular formula is C13H16N2O4. The van der Waals surface area contributed by atoms with Crippen molar-refractivity contribution in [1.29, 1.82) is 0 Å². The van der Waals surface area contributed by atoms with E-state index in [2.05, 4.69) is 0 Å². The molecule has 0 spiro atoms. The van der Waals surface area contributed by atoms with Gasteiger partial charge in [0.15, 0.2) is 6.04 Å². The summed E-state index contributed by atoms with van der Waals surface area (Å²) in [7, 11) is 1.51. The average molecular weight is 264 g/mol. The number of carboxylic acid groups (broad SMARTS) is 1. The molecule has 1 heterocycles. The number of carbonyl (C=O) groups excluding carboxylic acids is 1. The summed E-state index contributed by atoms with van der Waals surface area (Å²) in [5, 5.41) is 9.38. The monoisotopic (exact) mass is 264 g/mol. The molecule has 1 saturated heterocycles. The van der Waals surface area contributed by atoms with Crippen LogP contribution in [0.3, 0.4) is 0 Å². The molecule has 0 bridgehead atoms. The van der Waals surface area contributed by atoms with Gasteiger partial charge in [0.05, 0.1) is 7.11 Å². The van der Waals surface area contributed by atoms with Crippen LogP contribution in [0.1, 0.15) is 18.0 Å². The number of aliphatic carboxylic acids is 1. The smallest absolute Gasteiger partial charge is 0.331 e. The number of nitrogens with two attached hydrogens (primary N) is 1. The first kappa shape index (κ1) is 13.4. The van der Waals surface area contributed by atoms with E-state index < -0.39 is 12.0 Å². The topological polar surface area (TPSA) is 92.9 Å². The molecule has 0 saturated carbocycles. The highest BCUT2D eigenvalue weighted by Gasteiger charge is 2.37. The molecule has 0 radical (unpaired) electrons. The van der Waals surface area contributed by atoms with Gasteiger partial charge in [-0.3, -0.25) is 4.79 Å². The highest BCUT2D eigenvalue weighted by Crippen LogP contribution is 2.28. The van der Waals surface area contributed by atoms with Crippen LogP contribution in [0.2, 0.25) is 0 Å². The minimum atomic E-state index is -1.07. The van der Waals surface area contributed by atoms with E-state index >= 15 is 0 Å². The number of hydrogen-bond donors (Lipinski definition) is 2. The van der Waals surface area contributed by atoms with Crippen molar-refractivity contribution >= 4 is 11.9 Å². The first-order valence-electron chi connectivity index (χ1n) is 5.94. The van der Waals surface area contributed by atoms with Gasteiger partial charge < -0.3 is 20.5 Å². The number of carboxylic acids is 1. The van der Waals surface area contributed by atoms with E-state index in [-0.39, 0.29) is 24.9 Å². The zero-order valence-corrected chi connectivity index (χ0v) is 10.6. The van der Waals surface area contributed by atoms with Crippen molar-refractivity contribution in [2.45, 2.75) is 18.5 Å². The Kier molecular flexibility index (Phi) is 3.71. The number of amides is 1. The lowest BCUT2D eigenvalue weighted by Gasteiger charge is -2.25. The van der Waals surface area contributed by atoms with Crippen LogP contribution in [-0.4, -0.2) is 41.6 Å². The van der Waals surface area contributed by atoms with E-state index in [9.17, 15) is 14.7 Å². The number of benzene rings is 1. The lowest BCUT2D eigenvalue weighted by atomic mass is 10.1. The van der Waals surface area contributed by atoms with Crippen molar-refractivity contribution in [3.63, 3.8) is 0 Å². The average Bonchev–Trinajstić information content (AvgIpc) is 2.68. The van der Waals surface area contributed by atoms with Gasteiger partial charge in [-0.15, -0.1) is 0 Å². The maximum Gasteiger partial charge on any atom is 0.331 e. The number of ether oxygens (including phenoxy) is 1. The molecule has 1 aliphatic heterocycles. The molecule has 1 aromatic rings. The zero-order valence-electron chi connectivity index (χ0n) is 10.6. The Morgan fingerprint density at radius 2 is 2.32 bits per heavy atom. The van der Waals surface area contributed by atoms with Gasteiger partial charge in [-0.05, 0) is 17.7 Å². The van der Waals surface area contributed by atoms with Crippen LogP contribution < -0.4 is 10.5 Å². The second-order valence-corrected chi connectivity index (χ2v) is 4.53. The molecule has 6 nitrogen and oxygen atoms in total. The normalized spacial score (nSPS) is 20.4. The Labute approximate surface area is 110 Å². The molecule has 1 aliphatic rings. The quantitative estimate of drug-likeness (QED) is 0.820. The van der Waals surface area contributed by atoms with Crippen molar-refractivity contribution in [2.24, 2.45) is 5.73 Å². The minimum absolute atomic E-state index is 0.188. The zero-order chi connectivity index (χ0) is 14.0. The first-order chi connectivity index (χ1) is 9.02. The predicted octanol–water partition coefficient (Wildman–Crippen LogP) is 0.381. The molecular weight excluding hydrogens is 248 g/mol. The molecule has 3 N–H and O–H groups in total. The molecule has 1 aromatic carbocycles. The number of carbonyl (C=O) groups is 2. The Bertz CT molecular complexity index is 503. The molecule has 0 aromatic heterocycles. The van der Waals surface area contributed by atoms with Crippen LogP contribution in [0.25, 0.3) is 0 Å². The molecule has 19 heavy (non-hydrogen) atoms. The Morgan fingerprint density at radius 3 is 2.84 bits per heavy atom. The lowest BCUT2D eigenvalue weighted by Crippen LogP contribution is -2.36. The van der Waals surface area contributed by atoms with Crippen LogP contribution >= 0.6 is 0 Å². The van der Waals surface area contributed by atoms with Crippen molar-refractivity contribution in [3.8, 4) is 5.75 Å². The maximum absolute atomic E-state index is 11.8. The van der Waals surface area contributed by atoms with Gasteiger partial charge in [0.1, 0.15) is 5.75 Å². The lowest BCUT2D eigenvalue weighted by molar-refractivity contribution is -0.148. The number of nitrogens with zero attached hydrogens (tertiary/aromatic N) is 1. The molecule has 1 amide bonds. The highest BCUT2D eigenvalue weighted by molar-refractivity contribution is 5.86. The number of rotatable bonds is 4. The minimum Gasteiger partial charge on any atom is -0.497 e.